The van der Waals surface area contributed by atoms with Gasteiger partial charge in [-0.1, -0.05) is 193 Å². The Morgan fingerprint density at radius 3 is 1.35 bits per heavy atom. The van der Waals surface area contributed by atoms with E-state index in [1.54, 1.807) is 0 Å². The summed E-state index contributed by atoms with van der Waals surface area (Å²) in [7, 11) is 0. The largest absolute Gasteiger partial charge is 0.0713 e. The normalized spacial score (nSPS) is 15.9. The van der Waals surface area contributed by atoms with Gasteiger partial charge in [-0.25, -0.2) is 0 Å². The first-order valence-corrected chi connectivity index (χ1v) is 20.4. The standard InChI is InChI=1S/C54H41I/c1-35-15-24-40(25-16-35)53(41-26-17-36(2)18-27-41)47-11-6-4-9-44(47)46-34-39(23-32-49(46)53)33-38-21-30-43(31-22-38)54(42-28-19-37(3)20-29-42)48-12-7-5-10-45(48)52-50(54)13-8-14-51(52)55/h4-32,34H,33H2,1-3H3. The van der Waals surface area contributed by atoms with E-state index in [0.717, 1.165) is 6.42 Å². The molecule has 0 saturated carbocycles. The molecular weight excluding hydrogens is 775 g/mol. The first-order chi connectivity index (χ1) is 26.9. The summed E-state index contributed by atoms with van der Waals surface area (Å²) < 4.78 is 1.29. The quantitative estimate of drug-likeness (QED) is 0.147. The Balaban J connectivity index is 1.08. The zero-order valence-corrected chi connectivity index (χ0v) is 33.6. The fourth-order valence-electron chi connectivity index (χ4n) is 9.82. The molecule has 0 fully saturated rings. The predicted octanol–water partition coefficient (Wildman–Crippen LogP) is 13.5. The second-order valence-corrected chi connectivity index (χ2v) is 16.8. The van der Waals surface area contributed by atoms with Crippen LogP contribution in [-0.2, 0) is 17.3 Å². The van der Waals surface area contributed by atoms with Gasteiger partial charge in [0.15, 0.2) is 0 Å². The molecule has 0 aliphatic heterocycles. The third kappa shape index (κ3) is 5.09. The highest BCUT2D eigenvalue weighted by Gasteiger charge is 2.47. The van der Waals surface area contributed by atoms with E-state index in [1.165, 1.54) is 98.1 Å². The molecule has 55 heavy (non-hydrogen) atoms. The van der Waals surface area contributed by atoms with E-state index in [9.17, 15) is 0 Å². The van der Waals surface area contributed by atoms with E-state index in [2.05, 4.69) is 225 Å². The van der Waals surface area contributed by atoms with E-state index in [0.29, 0.717) is 0 Å². The van der Waals surface area contributed by atoms with Crippen LogP contribution in [0.5, 0.6) is 0 Å². The van der Waals surface area contributed by atoms with Gasteiger partial charge in [0.1, 0.15) is 0 Å². The molecule has 264 valence electrons. The minimum Gasteiger partial charge on any atom is -0.0619 e. The summed E-state index contributed by atoms with van der Waals surface area (Å²) in [5, 5.41) is 0. The minimum atomic E-state index is -0.397. The molecule has 0 saturated heterocycles. The number of hydrogen-bond donors (Lipinski definition) is 0. The van der Waals surface area contributed by atoms with E-state index in [4.69, 9.17) is 0 Å². The number of benzene rings is 8. The van der Waals surface area contributed by atoms with E-state index in [1.807, 2.05) is 0 Å². The van der Waals surface area contributed by atoms with Crippen molar-refractivity contribution in [1.82, 2.24) is 0 Å². The molecule has 10 rings (SSSR count). The minimum absolute atomic E-state index is 0.385. The van der Waals surface area contributed by atoms with Crippen LogP contribution < -0.4 is 0 Å². The zero-order valence-electron chi connectivity index (χ0n) is 31.4. The average Bonchev–Trinajstić information content (AvgIpc) is 3.68. The summed E-state index contributed by atoms with van der Waals surface area (Å²) in [4.78, 5) is 0. The first-order valence-electron chi connectivity index (χ1n) is 19.3. The Labute approximate surface area is 338 Å². The number of aryl methyl sites for hydroxylation is 3. The molecule has 0 N–H and O–H groups in total. The molecule has 0 bridgehead atoms. The maximum Gasteiger partial charge on any atom is 0.0713 e. The highest BCUT2D eigenvalue weighted by atomic mass is 127. The molecule has 2 aliphatic carbocycles. The molecule has 0 heterocycles. The van der Waals surface area contributed by atoms with Crippen molar-refractivity contribution in [3.05, 3.63) is 258 Å². The summed E-state index contributed by atoms with van der Waals surface area (Å²) in [5.41, 5.74) is 21.7. The Morgan fingerprint density at radius 1 is 0.364 bits per heavy atom. The highest BCUT2D eigenvalue weighted by Crippen LogP contribution is 2.58. The summed E-state index contributed by atoms with van der Waals surface area (Å²) in [5.74, 6) is 0. The van der Waals surface area contributed by atoms with Crippen LogP contribution in [0.3, 0.4) is 0 Å². The lowest BCUT2D eigenvalue weighted by molar-refractivity contribution is 0.766. The number of halogens is 1. The van der Waals surface area contributed by atoms with Gasteiger partial charge in [-0.2, -0.15) is 0 Å². The Hall–Kier alpha value is -5.51. The SMILES string of the molecule is Cc1ccc(C2(c3ccc(C)cc3)c3ccccc3-c3cc(Cc4ccc(C5(c6ccc(C)cc6)c6ccccc6-c6c(I)cccc65)cc4)ccc32)cc1. The summed E-state index contributed by atoms with van der Waals surface area (Å²) in [6.45, 7) is 6.52. The number of fused-ring (bicyclic) bond motifs is 6. The van der Waals surface area contributed by atoms with Crippen molar-refractivity contribution >= 4 is 22.6 Å². The van der Waals surface area contributed by atoms with Gasteiger partial charge >= 0.3 is 0 Å². The van der Waals surface area contributed by atoms with Crippen molar-refractivity contribution in [3.8, 4) is 22.3 Å². The summed E-state index contributed by atoms with van der Waals surface area (Å²) in [6, 6.07) is 69.3. The van der Waals surface area contributed by atoms with Crippen molar-refractivity contribution in [2.75, 3.05) is 0 Å². The van der Waals surface area contributed by atoms with Gasteiger partial charge in [-0.05, 0) is 128 Å². The maximum absolute atomic E-state index is 2.52. The average molecular weight is 817 g/mol. The van der Waals surface area contributed by atoms with Crippen LogP contribution in [0, 0.1) is 24.3 Å². The van der Waals surface area contributed by atoms with Gasteiger partial charge < -0.3 is 0 Å². The molecule has 1 unspecified atom stereocenters. The third-order valence-electron chi connectivity index (χ3n) is 12.4. The maximum atomic E-state index is 2.52. The lowest BCUT2D eigenvalue weighted by Crippen LogP contribution is -2.28. The van der Waals surface area contributed by atoms with Crippen molar-refractivity contribution in [2.24, 2.45) is 0 Å². The van der Waals surface area contributed by atoms with Crippen LogP contribution in [0.1, 0.15) is 72.3 Å². The Bertz CT molecular complexity index is 2690. The molecule has 0 spiro atoms. The van der Waals surface area contributed by atoms with Crippen LogP contribution in [0.25, 0.3) is 22.3 Å². The Morgan fingerprint density at radius 2 is 0.782 bits per heavy atom. The van der Waals surface area contributed by atoms with E-state index in [-0.39, 0.29) is 5.41 Å². The molecule has 2 aliphatic rings. The van der Waals surface area contributed by atoms with Crippen LogP contribution in [0.15, 0.2) is 182 Å². The van der Waals surface area contributed by atoms with Gasteiger partial charge in [0, 0.05) is 9.13 Å². The van der Waals surface area contributed by atoms with Gasteiger partial charge in [0.25, 0.3) is 0 Å². The van der Waals surface area contributed by atoms with E-state index < -0.39 is 5.41 Å². The Kier molecular flexibility index (Phi) is 8.08. The highest BCUT2D eigenvalue weighted by molar-refractivity contribution is 14.1. The monoisotopic (exact) mass is 816 g/mol. The third-order valence-corrected chi connectivity index (χ3v) is 13.3. The van der Waals surface area contributed by atoms with E-state index >= 15 is 0 Å². The molecule has 0 nitrogen and oxygen atoms in total. The second kappa shape index (κ2) is 13.1. The van der Waals surface area contributed by atoms with Crippen LogP contribution in [0.4, 0.5) is 0 Å². The van der Waals surface area contributed by atoms with Gasteiger partial charge in [-0.15, -0.1) is 0 Å². The first kappa shape index (κ1) is 34.0. The zero-order chi connectivity index (χ0) is 37.3. The van der Waals surface area contributed by atoms with Gasteiger partial charge in [-0.3, -0.25) is 0 Å². The molecule has 8 aromatic rings. The van der Waals surface area contributed by atoms with Crippen molar-refractivity contribution in [3.63, 3.8) is 0 Å². The topological polar surface area (TPSA) is 0 Å². The number of rotatable bonds is 6. The molecule has 8 aromatic carbocycles. The smallest absolute Gasteiger partial charge is 0.0619 e. The van der Waals surface area contributed by atoms with Gasteiger partial charge in [0.05, 0.1) is 10.8 Å². The van der Waals surface area contributed by atoms with Crippen LogP contribution in [-0.4, -0.2) is 0 Å². The molecular formula is C54H41I. The molecule has 0 radical (unpaired) electrons. The van der Waals surface area contributed by atoms with Crippen LogP contribution >= 0.6 is 22.6 Å². The molecule has 0 amide bonds. The molecule has 1 atom stereocenters. The lowest BCUT2D eigenvalue weighted by atomic mass is 9.67. The van der Waals surface area contributed by atoms with Crippen molar-refractivity contribution < 1.29 is 0 Å². The molecule has 0 aromatic heterocycles. The van der Waals surface area contributed by atoms with Crippen molar-refractivity contribution in [1.29, 1.82) is 0 Å². The van der Waals surface area contributed by atoms with Crippen LogP contribution in [0.2, 0.25) is 0 Å². The number of hydrogen-bond acceptors (Lipinski definition) is 0. The predicted molar refractivity (Wildman–Crippen MR) is 237 cm³/mol. The van der Waals surface area contributed by atoms with Gasteiger partial charge in [0.2, 0.25) is 0 Å². The van der Waals surface area contributed by atoms with Crippen molar-refractivity contribution in [2.45, 2.75) is 38.0 Å². The lowest BCUT2D eigenvalue weighted by Gasteiger charge is -2.34. The second-order valence-electron chi connectivity index (χ2n) is 15.6. The fourth-order valence-corrected chi connectivity index (χ4v) is 10.6. The summed E-state index contributed by atoms with van der Waals surface area (Å²) >= 11 is 2.52. The summed E-state index contributed by atoms with van der Waals surface area (Å²) in [6.07, 6.45) is 0.862. The molecule has 1 heteroatoms. The fraction of sp³-hybridized carbons (Fsp3) is 0.111.